The molecule has 11 heteroatoms. The van der Waals surface area contributed by atoms with Crippen LogP contribution in [0, 0.1) is 20.8 Å². The van der Waals surface area contributed by atoms with Gasteiger partial charge in [-0.1, -0.05) is 58.8 Å². The zero-order chi connectivity index (χ0) is 33.2. The van der Waals surface area contributed by atoms with Gasteiger partial charge in [-0.3, -0.25) is 0 Å². The molecule has 1 aliphatic heterocycles. The molecule has 0 aromatic rings. The van der Waals surface area contributed by atoms with Gasteiger partial charge in [0.25, 0.3) is 0 Å². The number of hydrogen-bond acceptors (Lipinski definition) is 10. The van der Waals surface area contributed by atoms with Crippen molar-refractivity contribution in [2.24, 2.45) is 5.92 Å². The quantitative estimate of drug-likeness (QED) is 0.0594. The summed E-state index contributed by atoms with van der Waals surface area (Å²) in [5.41, 5.74) is 0. The SMILES string of the molecule is C1CCCC1.CCC(O)CC(O)CC(O)CC(C)OC(=O)/C=C\C(=O)OC(CC)CC(O)CC1CC(C)OC(C2CCCC2)O1.[CH3-].[CH3-].[Fe+2]. The molecule has 9 atom stereocenters. The van der Waals surface area contributed by atoms with Crippen molar-refractivity contribution in [3.63, 3.8) is 0 Å². The maximum absolute atomic E-state index is 12.3. The number of hydrogen-bond donors (Lipinski definition) is 4. The first-order valence-corrected chi connectivity index (χ1v) is 17.6. The van der Waals surface area contributed by atoms with E-state index in [1.807, 2.05) is 13.8 Å². The van der Waals surface area contributed by atoms with Gasteiger partial charge in [-0.25, -0.2) is 9.59 Å². The summed E-state index contributed by atoms with van der Waals surface area (Å²) in [6.45, 7) is 7.30. The summed E-state index contributed by atoms with van der Waals surface area (Å²) in [5.74, 6) is -1.05. The monoisotopic (exact) mass is 728 g/mol. The minimum absolute atomic E-state index is 0. The van der Waals surface area contributed by atoms with Gasteiger partial charge in [0.05, 0.1) is 36.6 Å². The summed E-state index contributed by atoms with van der Waals surface area (Å²) in [4.78, 5) is 24.4. The standard InChI is InChI=1S/C30H52O10.C5H10.2CH3.Fe/c1-5-22(31)15-24(33)16-23(32)13-19(3)37-28(35)11-12-29(36)39-26(6-2)17-25(34)18-27-14-20(4)38-30(40-27)21-9-7-8-10-21;1-2-4-5-3-1;;;/h11-12,19-27,30-34H,5-10,13-18H2,1-4H3;1-5H2;2*1H3;/q;;2*-1;+2/b12-11-;;;;. The van der Waals surface area contributed by atoms with E-state index in [0.29, 0.717) is 31.6 Å². The minimum atomic E-state index is -0.907. The molecule has 0 aromatic carbocycles. The summed E-state index contributed by atoms with van der Waals surface area (Å²) in [7, 11) is 0. The molecule has 3 fully saturated rings. The molecule has 0 amide bonds. The molecule has 0 radical (unpaired) electrons. The molecule has 1 saturated heterocycles. The molecule has 9 unspecified atom stereocenters. The Morgan fingerprint density at radius 2 is 1.25 bits per heavy atom. The summed E-state index contributed by atoms with van der Waals surface area (Å²) >= 11 is 0. The second-order valence-electron chi connectivity index (χ2n) is 13.4. The average molecular weight is 729 g/mol. The number of rotatable bonds is 17. The molecule has 1 heterocycles. The Labute approximate surface area is 302 Å². The van der Waals surface area contributed by atoms with E-state index in [4.69, 9.17) is 18.9 Å². The van der Waals surface area contributed by atoms with E-state index < -0.39 is 48.6 Å². The Morgan fingerprint density at radius 3 is 1.79 bits per heavy atom. The Hall–Kier alpha value is -1.04. The van der Waals surface area contributed by atoms with E-state index >= 15 is 0 Å². The second-order valence-corrected chi connectivity index (χ2v) is 13.4. The topological polar surface area (TPSA) is 152 Å². The molecule has 0 spiro atoms. The summed E-state index contributed by atoms with van der Waals surface area (Å²) in [6.07, 6.45) is 12.3. The third kappa shape index (κ3) is 21.2. The van der Waals surface area contributed by atoms with Crippen molar-refractivity contribution in [1.82, 2.24) is 0 Å². The van der Waals surface area contributed by atoms with Gasteiger partial charge < -0.3 is 54.2 Å². The zero-order valence-electron chi connectivity index (χ0n) is 30.5. The number of carbonyl (C=O) groups excluding carboxylic acids is 2. The largest absolute Gasteiger partial charge is 2.00 e. The summed E-state index contributed by atoms with van der Waals surface area (Å²) < 4.78 is 22.8. The van der Waals surface area contributed by atoms with Crippen molar-refractivity contribution < 1.29 is 66.0 Å². The maximum Gasteiger partial charge on any atom is 2.00 e. The molecule has 2 saturated carbocycles. The average Bonchev–Trinajstić information content (AvgIpc) is 3.73. The summed E-state index contributed by atoms with van der Waals surface area (Å²) in [5, 5.41) is 40.4. The number of ether oxygens (including phenoxy) is 4. The number of aliphatic hydroxyl groups excluding tert-OH is 4. The molecular weight excluding hydrogens is 660 g/mol. The fraction of sp³-hybridized carbons (Fsp3) is 0.838. The van der Waals surface area contributed by atoms with Crippen LogP contribution >= 0.6 is 0 Å². The first-order valence-electron chi connectivity index (χ1n) is 17.6. The maximum atomic E-state index is 12.3. The van der Waals surface area contributed by atoms with Crippen LogP contribution < -0.4 is 0 Å². The first-order chi connectivity index (χ1) is 21.5. The molecule has 48 heavy (non-hydrogen) atoms. The third-order valence-corrected chi connectivity index (χ3v) is 8.97. The van der Waals surface area contributed by atoms with Crippen LogP contribution in [0.2, 0.25) is 0 Å². The predicted octanol–water partition coefficient (Wildman–Crippen LogP) is 6.16. The van der Waals surface area contributed by atoms with Crippen molar-refractivity contribution in [3.8, 4) is 0 Å². The van der Waals surface area contributed by atoms with Crippen LogP contribution in [0.4, 0.5) is 0 Å². The second kappa shape index (κ2) is 27.7. The normalized spacial score (nSPS) is 24.7. The van der Waals surface area contributed by atoms with E-state index in [-0.39, 0.29) is 76.1 Å². The Balaban J connectivity index is 0. The van der Waals surface area contributed by atoms with E-state index in [1.165, 1.54) is 44.9 Å². The predicted molar refractivity (Wildman–Crippen MR) is 184 cm³/mol. The van der Waals surface area contributed by atoms with Crippen LogP contribution in [-0.2, 0) is 45.6 Å². The van der Waals surface area contributed by atoms with Crippen LogP contribution in [0.15, 0.2) is 12.2 Å². The molecule has 0 aromatic heterocycles. The van der Waals surface area contributed by atoms with Crippen molar-refractivity contribution in [2.45, 2.75) is 192 Å². The Morgan fingerprint density at radius 1 is 0.729 bits per heavy atom. The molecular formula is C37H68FeO10. The molecule has 2 aliphatic carbocycles. The zero-order valence-corrected chi connectivity index (χ0v) is 31.6. The molecule has 3 rings (SSSR count). The Bertz CT molecular complexity index is 840. The summed E-state index contributed by atoms with van der Waals surface area (Å²) in [6, 6.07) is 0. The van der Waals surface area contributed by atoms with Gasteiger partial charge in [-0.15, -0.1) is 0 Å². The fourth-order valence-corrected chi connectivity index (χ4v) is 6.42. The molecule has 284 valence electrons. The van der Waals surface area contributed by atoms with Crippen molar-refractivity contribution >= 4 is 11.9 Å². The van der Waals surface area contributed by atoms with E-state index in [2.05, 4.69) is 0 Å². The van der Waals surface area contributed by atoms with Crippen LogP contribution in [0.1, 0.15) is 137 Å². The van der Waals surface area contributed by atoms with Crippen LogP contribution in [0.3, 0.4) is 0 Å². The van der Waals surface area contributed by atoms with E-state index in [9.17, 15) is 30.0 Å². The smallest absolute Gasteiger partial charge is 0.459 e. The number of esters is 2. The Kier molecular flexibility index (Phi) is 28.3. The van der Waals surface area contributed by atoms with Crippen LogP contribution in [-0.4, -0.2) is 87.5 Å². The van der Waals surface area contributed by atoms with Gasteiger partial charge in [-0.05, 0) is 65.2 Å². The molecule has 4 N–H and O–H groups in total. The van der Waals surface area contributed by atoms with Crippen molar-refractivity contribution in [2.75, 3.05) is 0 Å². The number of carbonyl (C=O) groups is 2. The van der Waals surface area contributed by atoms with Gasteiger partial charge in [-0.2, -0.15) is 0 Å². The third-order valence-electron chi connectivity index (χ3n) is 8.97. The molecule has 3 aliphatic rings. The van der Waals surface area contributed by atoms with Gasteiger partial charge in [0.2, 0.25) is 0 Å². The van der Waals surface area contributed by atoms with E-state index in [0.717, 1.165) is 25.0 Å². The van der Waals surface area contributed by atoms with Crippen molar-refractivity contribution in [3.05, 3.63) is 27.0 Å². The van der Waals surface area contributed by atoms with Gasteiger partial charge >= 0.3 is 29.0 Å². The number of aliphatic hydroxyl groups is 4. The first kappa shape index (κ1) is 49.1. The van der Waals surface area contributed by atoms with Crippen molar-refractivity contribution in [1.29, 1.82) is 0 Å². The van der Waals surface area contributed by atoms with E-state index in [1.54, 1.807) is 13.8 Å². The molecule has 10 nitrogen and oxygen atoms in total. The van der Waals surface area contributed by atoms with Gasteiger partial charge in [0, 0.05) is 30.9 Å². The van der Waals surface area contributed by atoms with Crippen LogP contribution in [0.5, 0.6) is 0 Å². The van der Waals surface area contributed by atoms with Crippen LogP contribution in [0.25, 0.3) is 0 Å². The van der Waals surface area contributed by atoms with Gasteiger partial charge in [0.15, 0.2) is 6.29 Å². The minimum Gasteiger partial charge on any atom is -0.459 e. The fourth-order valence-electron chi connectivity index (χ4n) is 6.42. The van der Waals surface area contributed by atoms with Gasteiger partial charge in [0.1, 0.15) is 12.2 Å². The molecule has 0 bridgehead atoms.